The van der Waals surface area contributed by atoms with E-state index < -0.39 is 29.7 Å². The monoisotopic (exact) mass is 468 g/mol. The molecule has 148 valence electrons. The molecule has 0 saturated carbocycles. The molecule has 1 N–H and O–H groups in total. The number of nitriles is 1. The second kappa shape index (κ2) is 9.61. The van der Waals surface area contributed by atoms with Gasteiger partial charge in [0, 0.05) is 5.92 Å². The number of ether oxygens (including phenoxy) is 3. The van der Waals surface area contributed by atoms with Crippen LogP contribution in [0.1, 0.15) is 11.5 Å². The summed E-state index contributed by atoms with van der Waals surface area (Å²) < 4.78 is 15.2. The van der Waals surface area contributed by atoms with Gasteiger partial charge in [0.2, 0.25) is 5.91 Å². The highest BCUT2D eigenvalue weighted by Crippen LogP contribution is 2.41. The molecule has 8 nitrogen and oxygen atoms in total. The van der Waals surface area contributed by atoms with Crippen molar-refractivity contribution in [2.45, 2.75) is 5.92 Å². The first-order valence-electron chi connectivity index (χ1n) is 7.93. The van der Waals surface area contributed by atoms with Crippen LogP contribution in [0.3, 0.4) is 0 Å². The van der Waals surface area contributed by atoms with Crippen LogP contribution in [0.5, 0.6) is 5.75 Å². The molecule has 0 aliphatic carbocycles. The van der Waals surface area contributed by atoms with Gasteiger partial charge in [0.15, 0.2) is 0 Å². The van der Waals surface area contributed by atoms with Gasteiger partial charge >= 0.3 is 11.9 Å². The molecule has 28 heavy (non-hydrogen) atoms. The molecule has 1 aliphatic rings. The molecule has 0 fully saturated rings. The Balaban J connectivity index is 2.58. The van der Waals surface area contributed by atoms with Crippen LogP contribution < -0.4 is 10.1 Å². The number of carbonyl (C=O) groups is 3. The zero-order valence-electron chi connectivity index (χ0n) is 15.3. The zero-order valence-corrected chi connectivity index (χ0v) is 17.7. The van der Waals surface area contributed by atoms with Crippen molar-refractivity contribution in [3.63, 3.8) is 0 Å². The Labute approximate surface area is 174 Å². The Bertz CT molecular complexity index is 879. The van der Waals surface area contributed by atoms with Crippen LogP contribution in [0.25, 0.3) is 0 Å². The van der Waals surface area contributed by atoms with Crippen molar-refractivity contribution in [1.29, 1.82) is 5.26 Å². The third-order valence-electron chi connectivity index (χ3n) is 4.08. The molecule has 0 radical (unpaired) electrons. The molecule has 10 heteroatoms. The Morgan fingerprint density at radius 2 is 2.00 bits per heavy atom. The maximum Gasteiger partial charge on any atom is 0.319 e. The van der Waals surface area contributed by atoms with Crippen molar-refractivity contribution in [3.05, 3.63) is 38.8 Å². The summed E-state index contributed by atoms with van der Waals surface area (Å²) in [5, 5.41) is 12.5. The second-order valence-electron chi connectivity index (χ2n) is 5.58. The van der Waals surface area contributed by atoms with Crippen LogP contribution >= 0.6 is 27.7 Å². The summed E-state index contributed by atoms with van der Waals surface area (Å²) in [6.45, 7) is 0. The number of hydrogen-bond acceptors (Lipinski definition) is 8. The zero-order chi connectivity index (χ0) is 20.8. The van der Waals surface area contributed by atoms with Crippen molar-refractivity contribution in [1.82, 2.24) is 5.32 Å². The molecule has 1 heterocycles. The Morgan fingerprint density at radius 1 is 1.29 bits per heavy atom. The summed E-state index contributed by atoms with van der Waals surface area (Å²) in [6.07, 6.45) is 0. The minimum Gasteiger partial charge on any atom is -0.496 e. The van der Waals surface area contributed by atoms with E-state index in [2.05, 4.69) is 32.1 Å². The van der Waals surface area contributed by atoms with Gasteiger partial charge in [-0.3, -0.25) is 14.4 Å². The number of benzene rings is 1. The van der Waals surface area contributed by atoms with Crippen LogP contribution in [0.2, 0.25) is 0 Å². The predicted octanol–water partition coefficient (Wildman–Crippen LogP) is 2.10. The molecule has 2 rings (SSSR count). The number of nitrogens with zero attached hydrogens (tertiary/aromatic N) is 1. The maximum atomic E-state index is 12.7. The molecule has 0 aromatic heterocycles. The lowest BCUT2D eigenvalue weighted by atomic mass is 9.78. The number of amides is 1. The number of hydrogen-bond donors (Lipinski definition) is 1. The van der Waals surface area contributed by atoms with E-state index in [-0.39, 0.29) is 16.4 Å². The van der Waals surface area contributed by atoms with Gasteiger partial charge in [-0.05, 0) is 33.6 Å². The highest BCUT2D eigenvalue weighted by molar-refractivity contribution is 9.10. The SMILES string of the molecule is COC(=O)CSC1=C(C#N)[C@H](c2ccc(OC)c(Br)c2)[C@@H](C(=O)OC)C(=O)N1. The number of carbonyl (C=O) groups excluding carboxylic acids is 3. The fourth-order valence-electron chi connectivity index (χ4n) is 2.75. The quantitative estimate of drug-likeness (QED) is 0.498. The summed E-state index contributed by atoms with van der Waals surface area (Å²) in [5.41, 5.74) is 0.701. The largest absolute Gasteiger partial charge is 0.496 e. The standard InChI is InChI=1S/C18H17BrN2O6S/c1-25-12-5-4-9(6-11(12)19)14-10(7-20)17(28-8-13(22)26-2)21-16(23)15(14)18(24)27-3/h4-6,14-15H,8H2,1-3H3,(H,21,23)/t14-,15+/m0/s1. The average Bonchev–Trinajstić information content (AvgIpc) is 2.70. The summed E-state index contributed by atoms with van der Waals surface area (Å²) in [7, 11) is 3.92. The lowest BCUT2D eigenvalue weighted by molar-refractivity contribution is -0.150. The first-order chi connectivity index (χ1) is 13.4. The summed E-state index contributed by atoms with van der Waals surface area (Å²) >= 11 is 4.33. The molecule has 1 amide bonds. The maximum absolute atomic E-state index is 12.7. The first kappa shape index (κ1) is 21.8. The van der Waals surface area contributed by atoms with E-state index in [9.17, 15) is 19.6 Å². The van der Waals surface area contributed by atoms with Gasteiger partial charge in [-0.15, -0.1) is 0 Å². The second-order valence-corrected chi connectivity index (χ2v) is 7.42. The molecule has 0 saturated heterocycles. The van der Waals surface area contributed by atoms with Crippen LogP contribution in [0.4, 0.5) is 0 Å². The van der Waals surface area contributed by atoms with Gasteiger partial charge in [0.1, 0.15) is 11.7 Å². The van der Waals surface area contributed by atoms with Gasteiger partial charge < -0.3 is 19.5 Å². The van der Waals surface area contributed by atoms with Crippen LogP contribution in [-0.4, -0.2) is 44.9 Å². The summed E-state index contributed by atoms with van der Waals surface area (Å²) in [5.74, 6) is -3.56. The minimum atomic E-state index is -1.25. The molecular formula is C18H17BrN2O6S. The first-order valence-corrected chi connectivity index (χ1v) is 9.71. The van der Waals surface area contributed by atoms with Gasteiger partial charge in [-0.1, -0.05) is 17.8 Å². The molecule has 1 aliphatic heterocycles. The van der Waals surface area contributed by atoms with E-state index in [4.69, 9.17) is 9.47 Å². The number of halogens is 1. The van der Waals surface area contributed by atoms with Crippen molar-refractivity contribution >= 4 is 45.5 Å². The lowest BCUT2D eigenvalue weighted by Gasteiger charge is -2.31. The van der Waals surface area contributed by atoms with Gasteiger partial charge in [-0.25, -0.2) is 0 Å². The van der Waals surface area contributed by atoms with Crippen LogP contribution in [0.15, 0.2) is 33.3 Å². The van der Waals surface area contributed by atoms with E-state index >= 15 is 0 Å². The molecule has 2 atom stereocenters. The average molecular weight is 469 g/mol. The fraction of sp³-hybridized carbons (Fsp3) is 0.333. The molecule has 1 aromatic carbocycles. The van der Waals surface area contributed by atoms with Crippen molar-refractivity contribution in [3.8, 4) is 11.8 Å². The van der Waals surface area contributed by atoms with E-state index in [0.717, 1.165) is 11.8 Å². The van der Waals surface area contributed by atoms with E-state index in [1.807, 2.05) is 0 Å². The highest BCUT2D eigenvalue weighted by Gasteiger charge is 2.44. The normalized spacial score (nSPS) is 18.8. The smallest absolute Gasteiger partial charge is 0.319 e. The van der Waals surface area contributed by atoms with Gasteiger partial charge in [-0.2, -0.15) is 5.26 Å². The minimum absolute atomic E-state index is 0.0980. The number of esters is 2. The Hall–Kier alpha value is -2.51. The van der Waals surface area contributed by atoms with Crippen molar-refractivity contribution < 1.29 is 28.6 Å². The number of methoxy groups -OCH3 is 3. The van der Waals surface area contributed by atoms with Gasteiger partial charge in [0.05, 0.1) is 48.2 Å². The summed E-state index contributed by atoms with van der Waals surface area (Å²) in [4.78, 5) is 36.4. The Morgan fingerprint density at radius 3 is 2.54 bits per heavy atom. The van der Waals surface area contributed by atoms with Crippen LogP contribution in [-0.2, 0) is 23.9 Å². The van der Waals surface area contributed by atoms with Crippen molar-refractivity contribution in [2.24, 2.45) is 5.92 Å². The van der Waals surface area contributed by atoms with E-state index in [1.54, 1.807) is 18.2 Å². The summed E-state index contributed by atoms with van der Waals surface area (Å²) in [6, 6.07) is 7.07. The van der Waals surface area contributed by atoms with Crippen molar-refractivity contribution in [2.75, 3.05) is 27.1 Å². The number of nitrogens with one attached hydrogen (secondary N) is 1. The fourth-order valence-corrected chi connectivity index (χ4v) is 4.18. The number of thioether (sulfide) groups is 1. The molecule has 0 bridgehead atoms. The third-order valence-corrected chi connectivity index (χ3v) is 5.69. The van der Waals surface area contributed by atoms with Crippen LogP contribution in [0, 0.1) is 17.2 Å². The van der Waals surface area contributed by atoms with E-state index in [0.29, 0.717) is 15.8 Å². The molecule has 0 unspecified atom stereocenters. The van der Waals surface area contributed by atoms with E-state index in [1.165, 1.54) is 21.3 Å². The molecule has 0 spiro atoms. The highest BCUT2D eigenvalue weighted by atomic mass is 79.9. The number of allylic oxidation sites excluding steroid dienone is 1. The van der Waals surface area contributed by atoms with Gasteiger partial charge in [0.25, 0.3) is 0 Å². The topological polar surface area (TPSA) is 115 Å². The Kier molecular flexibility index (Phi) is 7.48. The number of rotatable bonds is 6. The lowest BCUT2D eigenvalue weighted by Crippen LogP contribution is -2.44. The predicted molar refractivity (Wildman–Crippen MR) is 104 cm³/mol. The molecule has 1 aromatic rings. The third kappa shape index (κ3) is 4.48. The molecular weight excluding hydrogens is 452 g/mol.